The van der Waals surface area contributed by atoms with E-state index in [0.29, 0.717) is 22.2 Å². The smallest absolute Gasteiger partial charge is 0.267 e. The molecule has 1 amide bonds. The first kappa shape index (κ1) is 17.5. The fourth-order valence-corrected chi connectivity index (χ4v) is 6.56. The molecule has 1 aliphatic carbocycles. The lowest BCUT2D eigenvalue weighted by Gasteiger charge is -2.42. The van der Waals surface area contributed by atoms with Gasteiger partial charge in [-0.3, -0.25) is 14.5 Å². The molecule has 4 heterocycles. The van der Waals surface area contributed by atoms with Crippen molar-refractivity contribution >= 4 is 34.2 Å². The normalized spacial score (nSPS) is 29.7. The van der Waals surface area contributed by atoms with Crippen LogP contribution in [0.3, 0.4) is 0 Å². The summed E-state index contributed by atoms with van der Waals surface area (Å²) in [4.78, 5) is 30.0. The second-order valence-corrected chi connectivity index (χ2v) is 9.80. The van der Waals surface area contributed by atoms with Gasteiger partial charge in [0.2, 0.25) is 0 Å². The molecule has 2 saturated heterocycles. The van der Waals surface area contributed by atoms with E-state index in [1.807, 2.05) is 21.7 Å². The van der Waals surface area contributed by atoms with E-state index < -0.39 is 0 Å². The summed E-state index contributed by atoms with van der Waals surface area (Å²) in [5.74, 6) is 0.888. The van der Waals surface area contributed by atoms with Crippen LogP contribution >= 0.6 is 24.0 Å². The van der Waals surface area contributed by atoms with Crippen LogP contribution in [0.1, 0.15) is 43.7 Å². The average molecular weight is 402 g/mol. The number of piperidine rings is 1. The molecule has 5 rings (SSSR count). The number of carbonyl (C=O) groups excluding carboxylic acids is 1. The predicted molar refractivity (Wildman–Crippen MR) is 110 cm³/mol. The Labute approximate surface area is 168 Å². The van der Waals surface area contributed by atoms with Gasteiger partial charge in [0, 0.05) is 49.6 Å². The molecule has 0 spiro atoms. The van der Waals surface area contributed by atoms with Gasteiger partial charge in [-0.2, -0.15) is 0 Å². The zero-order valence-corrected chi connectivity index (χ0v) is 16.8. The van der Waals surface area contributed by atoms with Crippen molar-refractivity contribution in [3.05, 3.63) is 45.4 Å². The summed E-state index contributed by atoms with van der Waals surface area (Å²) >= 11 is 6.97. The molecule has 1 aromatic heterocycles. The number of hydrogen-bond donors (Lipinski definition) is 0. The van der Waals surface area contributed by atoms with Crippen LogP contribution in [0.2, 0.25) is 0 Å². The van der Waals surface area contributed by atoms with Gasteiger partial charge >= 0.3 is 0 Å². The second kappa shape index (κ2) is 6.78. The van der Waals surface area contributed by atoms with E-state index in [4.69, 9.17) is 12.2 Å². The maximum Gasteiger partial charge on any atom is 0.267 e. The molecule has 4 aliphatic rings. The summed E-state index contributed by atoms with van der Waals surface area (Å²) in [6.45, 7) is 2.52. The third-order valence-corrected chi connectivity index (χ3v) is 7.64. The van der Waals surface area contributed by atoms with Crippen molar-refractivity contribution in [2.45, 2.75) is 50.6 Å². The molecule has 7 heteroatoms. The SMILES string of the molecule is O=C1/C(=C/N2C[C@@H]3C[C@H](C2)c2cccc(=O)n2C3)SC(=S)N1C1CCCC1. The summed E-state index contributed by atoms with van der Waals surface area (Å²) in [7, 11) is 0. The lowest BCUT2D eigenvalue weighted by Crippen LogP contribution is -2.45. The number of carbonyl (C=O) groups is 1. The number of likely N-dealkylation sites (tertiary alicyclic amines) is 1. The summed E-state index contributed by atoms with van der Waals surface area (Å²) in [6.07, 6.45) is 7.67. The molecule has 0 aromatic carbocycles. The number of pyridine rings is 1. The first-order chi connectivity index (χ1) is 13.1. The number of nitrogens with zero attached hydrogens (tertiary/aromatic N) is 3. The number of fused-ring (bicyclic) bond motifs is 4. The highest BCUT2D eigenvalue weighted by molar-refractivity contribution is 8.26. The van der Waals surface area contributed by atoms with E-state index in [1.54, 1.807) is 6.07 Å². The van der Waals surface area contributed by atoms with Crippen molar-refractivity contribution in [3.8, 4) is 0 Å². The molecule has 2 bridgehead atoms. The molecule has 27 heavy (non-hydrogen) atoms. The van der Waals surface area contributed by atoms with Crippen molar-refractivity contribution in [2.24, 2.45) is 5.92 Å². The molecule has 0 radical (unpaired) electrons. The Kier molecular flexibility index (Phi) is 4.39. The van der Waals surface area contributed by atoms with E-state index in [9.17, 15) is 9.59 Å². The maximum atomic E-state index is 12.9. The summed E-state index contributed by atoms with van der Waals surface area (Å²) in [5.41, 5.74) is 1.24. The van der Waals surface area contributed by atoms with Gasteiger partial charge in [-0.1, -0.05) is 42.9 Å². The third kappa shape index (κ3) is 3.05. The maximum absolute atomic E-state index is 12.9. The van der Waals surface area contributed by atoms with Crippen LogP contribution in [0.15, 0.2) is 34.1 Å². The third-order valence-electron chi connectivity index (χ3n) is 6.32. The number of hydrogen-bond acceptors (Lipinski definition) is 5. The number of aromatic nitrogens is 1. The predicted octanol–water partition coefficient (Wildman–Crippen LogP) is 2.91. The average Bonchev–Trinajstić information content (AvgIpc) is 3.24. The van der Waals surface area contributed by atoms with Gasteiger partial charge < -0.3 is 9.47 Å². The monoisotopic (exact) mass is 401 g/mol. The van der Waals surface area contributed by atoms with Gasteiger partial charge in [-0.05, 0) is 31.2 Å². The van der Waals surface area contributed by atoms with Crippen LogP contribution < -0.4 is 5.56 Å². The molecule has 0 unspecified atom stereocenters. The van der Waals surface area contributed by atoms with Crippen LogP contribution in [0.5, 0.6) is 0 Å². The van der Waals surface area contributed by atoms with Crippen molar-refractivity contribution in [1.29, 1.82) is 0 Å². The molecular weight excluding hydrogens is 378 g/mol. The fourth-order valence-electron chi connectivity index (χ4n) is 5.15. The van der Waals surface area contributed by atoms with Gasteiger partial charge in [-0.15, -0.1) is 0 Å². The molecule has 1 saturated carbocycles. The Hall–Kier alpha value is -1.60. The van der Waals surface area contributed by atoms with Crippen LogP contribution in [0.4, 0.5) is 0 Å². The summed E-state index contributed by atoms with van der Waals surface area (Å²) in [6, 6.07) is 5.88. The Balaban J connectivity index is 1.37. The minimum Gasteiger partial charge on any atom is -0.375 e. The first-order valence-corrected chi connectivity index (χ1v) is 11.0. The van der Waals surface area contributed by atoms with Crippen LogP contribution in [0.25, 0.3) is 0 Å². The molecule has 5 nitrogen and oxygen atoms in total. The molecular formula is C20H23N3O2S2. The minimum absolute atomic E-state index is 0.0873. The molecule has 0 N–H and O–H groups in total. The Bertz CT molecular complexity index is 887. The van der Waals surface area contributed by atoms with E-state index in [-0.39, 0.29) is 11.5 Å². The van der Waals surface area contributed by atoms with Crippen LogP contribution in [-0.2, 0) is 11.3 Å². The number of rotatable bonds is 2. The lowest BCUT2D eigenvalue weighted by molar-refractivity contribution is -0.123. The molecule has 142 valence electrons. The van der Waals surface area contributed by atoms with Gasteiger partial charge in [0.15, 0.2) is 0 Å². The van der Waals surface area contributed by atoms with E-state index >= 15 is 0 Å². The second-order valence-electron chi connectivity index (χ2n) is 8.13. The number of amides is 1. The van der Waals surface area contributed by atoms with Crippen molar-refractivity contribution in [3.63, 3.8) is 0 Å². The zero-order chi connectivity index (χ0) is 18.5. The number of thiocarbonyl (C=S) groups is 1. The standard InChI is InChI=1S/C20H23N3O2S2/c24-18-7-3-6-16-14-8-13(10-22(16)18)9-21(11-14)12-17-19(25)23(20(26)27-17)15-4-1-2-5-15/h3,6-7,12-15H,1-2,4-5,8-11H2/b17-12-/t13-,14+/m0/s1. The van der Waals surface area contributed by atoms with Gasteiger partial charge in [0.25, 0.3) is 11.5 Å². The highest BCUT2D eigenvalue weighted by Crippen LogP contribution is 2.39. The van der Waals surface area contributed by atoms with Crippen molar-refractivity contribution in [1.82, 2.24) is 14.4 Å². The summed E-state index contributed by atoms with van der Waals surface area (Å²) in [5, 5.41) is 0. The largest absolute Gasteiger partial charge is 0.375 e. The van der Waals surface area contributed by atoms with E-state index in [2.05, 4.69) is 11.0 Å². The highest BCUT2D eigenvalue weighted by Gasteiger charge is 2.39. The molecule has 3 aliphatic heterocycles. The van der Waals surface area contributed by atoms with Gasteiger partial charge in [0.1, 0.15) is 4.32 Å². The molecule has 1 aromatic rings. The zero-order valence-electron chi connectivity index (χ0n) is 15.2. The van der Waals surface area contributed by atoms with E-state index in [0.717, 1.165) is 49.5 Å². The van der Waals surface area contributed by atoms with Crippen LogP contribution in [0, 0.1) is 5.92 Å². The van der Waals surface area contributed by atoms with E-state index in [1.165, 1.54) is 24.6 Å². The Morgan fingerprint density at radius 1 is 1.11 bits per heavy atom. The first-order valence-electron chi connectivity index (χ1n) is 9.81. The quantitative estimate of drug-likeness (QED) is 0.563. The number of thioether (sulfide) groups is 1. The van der Waals surface area contributed by atoms with Crippen LogP contribution in [-0.4, -0.2) is 43.7 Å². The summed E-state index contributed by atoms with van der Waals surface area (Å²) < 4.78 is 2.66. The van der Waals surface area contributed by atoms with Gasteiger partial charge in [-0.25, -0.2) is 0 Å². The molecule has 3 fully saturated rings. The topological polar surface area (TPSA) is 45.6 Å². The highest BCUT2D eigenvalue weighted by atomic mass is 32.2. The Morgan fingerprint density at radius 3 is 2.74 bits per heavy atom. The Morgan fingerprint density at radius 2 is 1.93 bits per heavy atom. The van der Waals surface area contributed by atoms with Crippen molar-refractivity contribution < 1.29 is 4.79 Å². The van der Waals surface area contributed by atoms with Crippen molar-refractivity contribution in [2.75, 3.05) is 13.1 Å². The fraction of sp³-hybridized carbons (Fsp3) is 0.550. The minimum atomic E-state index is 0.0873. The van der Waals surface area contributed by atoms with Gasteiger partial charge in [0.05, 0.1) is 4.91 Å². The molecule has 2 atom stereocenters. The lowest BCUT2D eigenvalue weighted by atomic mass is 9.83.